The molecule has 1 fully saturated rings. The van der Waals surface area contributed by atoms with E-state index in [-0.39, 0.29) is 5.91 Å². The highest BCUT2D eigenvalue weighted by atomic mass is 35.5. The maximum atomic E-state index is 12.6. The second-order valence-electron chi connectivity index (χ2n) is 4.69. The van der Waals surface area contributed by atoms with Crippen LogP contribution in [0.1, 0.15) is 36.0 Å². The van der Waals surface area contributed by atoms with Crippen LogP contribution in [-0.2, 0) is 0 Å². The Labute approximate surface area is 118 Å². The minimum Gasteiger partial charge on any atom is -0.480 e. The van der Waals surface area contributed by atoms with Gasteiger partial charge in [0.15, 0.2) is 0 Å². The van der Waals surface area contributed by atoms with Crippen LogP contribution in [0.3, 0.4) is 0 Å². The summed E-state index contributed by atoms with van der Waals surface area (Å²) in [5.74, 6) is 0.961. The molecule has 1 amide bonds. The summed E-state index contributed by atoms with van der Waals surface area (Å²) < 4.78 is 5.17. The summed E-state index contributed by atoms with van der Waals surface area (Å²) in [6.07, 6.45) is 5.79. The maximum absolute atomic E-state index is 12.6. The molecule has 0 unspecified atom stereocenters. The summed E-state index contributed by atoms with van der Waals surface area (Å²) in [5, 5.41) is 0. The standard InChI is InChI=1S/C14H19ClN2O2/c1-19-13-12(7-3-9-16-13)14(18)17(10-4-8-15)11-5-2-6-11/h3,7,9,11H,2,4-6,8,10H2,1H3. The monoisotopic (exact) mass is 282 g/mol. The highest BCUT2D eigenvalue weighted by molar-refractivity contribution is 6.17. The number of carbonyl (C=O) groups is 1. The number of hydrogen-bond acceptors (Lipinski definition) is 3. The molecule has 19 heavy (non-hydrogen) atoms. The van der Waals surface area contributed by atoms with Gasteiger partial charge in [0.2, 0.25) is 5.88 Å². The van der Waals surface area contributed by atoms with Gasteiger partial charge in [0.25, 0.3) is 5.91 Å². The molecule has 2 rings (SSSR count). The summed E-state index contributed by atoms with van der Waals surface area (Å²) in [4.78, 5) is 18.6. The van der Waals surface area contributed by atoms with Crippen molar-refractivity contribution >= 4 is 17.5 Å². The Hall–Kier alpha value is -1.29. The first-order valence-electron chi connectivity index (χ1n) is 6.64. The first kappa shape index (κ1) is 14.1. The lowest BCUT2D eigenvalue weighted by Crippen LogP contribution is -2.45. The van der Waals surface area contributed by atoms with Crippen molar-refractivity contribution in [2.45, 2.75) is 31.7 Å². The van der Waals surface area contributed by atoms with Crippen LogP contribution in [0.2, 0.25) is 0 Å². The zero-order valence-electron chi connectivity index (χ0n) is 11.1. The Balaban J connectivity index is 2.17. The van der Waals surface area contributed by atoms with Crippen molar-refractivity contribution in [3.8, 4) is 5.88 Å². The molecule has 1 aliphatic rings. The molecule has 5 heteroatoms. The van der Waals surface area contributed by atoms with Gasteiger partial charge < -0.3 is 9.64 Å². The van der Waals surface area contributed by atoms with Gasteiger partial charge in [-0.15, -0.1) is 11.6 Å². The average molecular weight is 283 g/mol. The summed E-state index contributed by atoms with van der Waals surface area (Å²) in [7, 11) is 1.53. The number of rotatable bonds is 6. The van der Waals surface area contributed by atoms with E-state index in [2.05, 4.69) is 4.98 Å². The zero-order valence-corrected chi connectivity index (χ0v) is 11.9. The van der Waals surface area contributed by atoms with E-state index >= 15 is 0 Å². The molecule has 0 saturated heterocycles. The number of amides is 1. The maximum Gasteiger partial charge on any atom is 0.259 e. The molecule has 0 atom stereocenters. The molecule has 4 nitrogen and oxygen atoms in total. The van der Waals surface area contributed by atoms with E-state index in [1.165, 1.54) is 13.5 Å². The Morgan fingerprint density at radius 2 is 2.37 bits per heavy atom. The molecule has 1 heterocycles. The van der Waals surface area contributed by atoms with Crippen molar-refractivity contribution in [2.75, 3.05) is 19.5 Å². The molecule has 0 aromatic carbocycles. The summed E-state index contributed by atoms with van der Waals surface area (Å²) in [6.45, 7) is 0.699. The summed E-state index contributed by atoms with van der Waals surface area (Å²) >= 11 is 5.75. The van der Waals surface area contributed by atoms with Gasteiger partial charge in [0.05, 0.1) is 7.11 Å². The van der Waals surface area contributed by atoms with E-state index in [9.17, 15) is 4.79 Å². The molecular formula is C14H19ClN2O2. The molecule has 1 aliphatic carbocycles. The second kappa shape index (κ2) is 6.75. The molecular weight excluding hydrogens is 264 g/mol. The fraction of sp³-hybridized carbons (Fsp3) is 0.571. The molecule has 1 aromatic heterocycles. The molecule has 0 N–H and O–H groups in total. The Bertz CT molecular complexity index is 435. The third kappa shape index (κ3) is 3.18. The third-order valence-electron chi connectivity index (χ3n) is 3.50. The van der Waals surface area contributed by atoms with Gasteiger partial charge in [-0.25, -0.2) is 4.98 Å². The van der Waals surface area contributed by atoms with E-state index in [0.29, 0.717) is 29.9 Å². The van der Waals surface area contributed by atoms with Crippen LogP contribution in [0.4, 0.5) is 0 Å². The topological polar surface area (TPSA) is 42.4 Å². The van der Waals surface area contributed by atoms with Crippen LogP contribution >= 0.6 is 11.6 Å². The number of nitrogens with zero attached hydrogens (tertiary/aromatic N) is 2. The molecule has 0 bridgehead atoms. The lowest BCUT2D eigenvalue weighted by molar-refractivity contribution is 0.0576. The van der Waals surface area contributed by atoms with Crippen LogP contribution in [-0.4, -0.2) is 41.4 Å². The van der Waals surface area contributed by atoms with Gasteiger partial charge in [-0.3, -0.25) is 4.79 Å². The SMILES string of the molecule is COc1ncccc1C(=O)N(CCCCl)C1CCC1. The average Bonchev–Trinajstić information content (AvgIpc) is 2.40. The minimum atomic E-state index is -0.000216. The molecule has 0 spiro atoms. The zero-order chi connectivity index (χ0) is 13.7. The van der Waals surface area contributed by atoms with Crippen molar-refractivity contribution in [3.05, 3.63) is 23.9 Å². The van der Waals surface area contributed by atoms with E-state index in [0.717, 1.165) is 19.3 Å². The minimum absolute atomic E-state index is 0.000216. The van der Waals surface area contributed by atoms with Crippen LogP contribution in [0.25, 0.3) is 0 Å². The number of carbonyl (C=O) groups excluding carboxylic acids is 1. The van der Waals surface area contributed by atoms with Crippen molar-refractivity contribution in [2.24, 2.45) is 0 Å². The Kier molecular flexibility index (Phi) is 5.02. The highest BCUT2D eigenvalue weighted by Crippen LogP contribution is 2.28. The highest BCUT2D eigenvalue weighted by Gasteiger charge is 2.30. The van der Waals surface area contributed by atoms with E-state index in [1.807, 2.05) is 4.90 Å². The largest absolute Gasteiger partial charge is 0.480 e. The number of aromatic nitrogens is 1. The van der Waals surface area contributed by atoms with Gasteiger partial charge in [-0.2, -0.15) is 0 Å². The number of hydrogen-bond donors (Lipinski definition) is 0. The third-order valence-corrected chi connectivity index (χ3v) is 3.77. The molecule has 0 radical (unpaired) electrons. The molecule has 104 valence electrons. The quantitative estimate of drug-likeness (QED) is 0.754. The van der Waals surface area contributed by atoms with Gasteiger partial charge in [-0.05, 0) is 37.8 Å². The number of pyridine rings is 1. The van der Waals surface area contributed by atoms with Crippen LogP contribution in [0.15, 0.2) is 18.3 Å². The lowest BCUT2D eigenvalue weighted by Gasteiger charge is -2.37. The Morgan fingerprint density at radius 1 is 1.58 bits per heavy atom. The van der Waals surface area contributed by atoms with Gasteiger partial charge >= 0.3 is 0 Å². The van der Waals surface area contributed by atoms with Crippen molar-refractivity contribution < 1.29 is 9.53 Å². The predicted molar refractivity (Wildman–Crippen MR) is 74.8 cm³/mol. The number of halogens is 1. The smallest absolute Gasteiger partial charge is 0.259 e. The number of ether oxygens (including phenoxy) is 1. The van der Waals surface area contributed by atoms with Crippen molar-refractivity contribution in [3.63, 3.8) is 0 Å². The fourth-order valence-electron chi connectivity index (χ4n) is 2.25. The van der Waals surface area contributed by atoms with E-state index in [4.69, 9.17) is 16.3 Å². The molecule has 0 aliphatic heterocycles. The second-order valence-corrected chi connectivity index (χ2v) is 5.06. The van der Waals surface area contributed by atoms with Gasteiger partial charge in [0.1, 0.15) is 5.56 Å². The first-order valence-corrected chi connectivity index (χ1v) is 7.17. The van der Waals surface area contributed by atoms with Crippen LogP contribution in [0.5, 0.6) is 5.88 Å². The van der Waals surface area contributed by atoms with Crippen LogP contribution < -0.4 is 4.74 Å². The number of methoxy groups -OCH3 is 1. The lowest BCUT2D eigenvalue weighted by atomic mass is 9.91. The van der Waals surface area contributed by atoms with Crippen molar-refractivity contribution in [1.82, 2.24) is 9.88 Å². The predicted octanol–water partition coefficient (Wildman–Crippen LogP) is 2.71. The Morgan fingerprint density at radius 3 is 2.95 bits per heavy atom. The fourth-order valence-corrected chi connectivity index (χ4v) is 2.37. The van der Waals surface area contributed by atoms with E-state index in [1.54, 1.807) is 18.3 Å². The summed E-state index contributed by atoms with van der Waals surface area (Å²) in [6, 6.07) is 3.87. The first-order chi connectivity index (χ1) is 9.27. The van der Waals surface area contributed by atoms with Gasteiger partial charge in [-0.1, -0.05) is 0 Å². The van der Waals surface area contributed by atoms with Crippen molar-refractivity contribution in [1.29, 1.82) is 0 Å². The van der Waals surface area contributed by atoms with Crippen LogP contribution in [0, 0.1) is 0 Å². The van der Waals surface area contributed by atoms with E-state index < -0.39 is 0 Å². The molecule has 1 aromatic rings. The summed E-state index contributed by atoms with van der Waals surface area (Å²) in [5.41, 5.74) is 0.534. The van der Waals surface area contributed by atoms with Gasteiger partial charge in [0, 0.05) is 24.7 Å². The normalized spacial score (nSPS) is 14.8. The number of alkyl halides is 1. The molecule has 1 saturated carbocycles.